The van der Waals surface area contributed by atoms with Crippen LogP contribution in [0.15, 0.2) is 22.7 Å². The van der Waals surface area contributed by atoms with Crippen molar-refractivity contribution in [3.05, 3.63) is 28.2 Å². The standard InChI is InChI=1S/C13H17BrN2O3/c1-8-2-4-11(10(14)6-8)18-7-9-3-5-12(19-9)13(17)16-15/h2,4,6,9,12H,3,5,7,15H2,1H3,(H,16,17). The minimum atomic E-state index is -0.458. The zero-order chi connectivity index (χ0) is 13.8. The monoisotopic (exact) mass is 328 g/mol. The lowest BCUT2D eigenvalue weighted by atomic mass is 10.2. The Hall–Kier alpha value is -1.11. The number of carbonyl (C=O) groups is 1. The second-order valence-corrected chi connectivity index (χ2v) is 5.43. The van der Waals surface area contributed by atoms with Crippen molar-refractivity contribution in [2.45, 2.75) is 32.0 Å². The van der Waals surface area contributed by atoms with Crippen LogP contribution in [-0.2, 0) is 9.53 Å². The Labute approximate surface area is 120 Å². The van der Waals surface area contributed by atoms with Crippen molar-refractivity contribution in [3.63, 3.8) is 0 Å². The van der Waals surface area contributed by atoms with Crippen LogP contribution in [0.3, 0.4) is 0 Å². The number of hydrazine groups is 1. The molecule has 6 heteroatoms. The molecular formula is C13H17BrN2O3. The Balaban J connectivity index is 1.85. The molecule has 2 rings (SSSR count). The molecule has 1 fully saturated rings. The van der Waals surface area contributed by atoms with E-state index in [0.717, 1.165) is 22.2 Å². The highest BCUT2D eigenvalue weighted by molar-refractivity contribution is 9.10. The Kier molecular flexibility index (Phi) is 4.79. The second-order valence-electron chi connectivity index (χ2n) is 4.58. The molecule has 104 valence electrons. The number of hydrogen-bond acceptors (Lipinski definition) is 4. The fraction of sp³-hybridized carbons (Fsp3) is 0.462. The van der Waals surface area contributed by atoms with E-state index in [1.54, 1.807) is 0 Å². The molecule has 0 aromatic heterocycles. The summed E-state index contributed by atoms with van der Waals surface area (Å²) in [6, 6.07) is 5.90. The average Bonchev–Trinajstić information content (AvgIpc) is 2.85. The highest BCUT2D eigenvalue weighted by atomic mass is 79.9. The highest BCUT2D eigenvalue weighted by Gasteiger charge is 2.30. The fourth-order valence-electron chi connectivity index (χ4n) is 2.02. The van der Waals surface area contributed by atoms with E-state index >= 15 is 0 Å². The van der Waals surface area contributed by atoms with E-state index in [4.69, 9.17) is 15.3 Å². The van der Waals surface area contributed by atoms with Crippen LogP contribution in [0.2, 0.25) is 0 Å². The Morgan fingerprint density at radius 2 is 2.37 bits per heavy atom. The van der Waals surface area contributed by atoms with Crippen molar-refractivity contribution < 1.29 is 14.3 Å². The summed E-state index contributed by atoms with van der Waals surface area (Å²) in [6.07, 6.45) is 0.934. The van der Waals surface area contributed by atoms with Gasteiger partial charge in [0.2, 0.25) is 0 Å². The van der Waals surface area contributed by atoms with Gasteiger partial charge in [0.05, 0.1) is 10.6 Å². The van der Waals surface area contributed by atoms with Gasteiger partial charge in [-0.25, -0.2) is 5.84 Å². The number of amides is 1. The number of nitrogens with two attached hydrogens (primary N) is 1. The molecule has 1 aliphatic rings. The van der Waals surface area contributed by atoms with Crippen LogP contribution in [0.4, 0.5) is 0 Å². The molecule has 1 amide bonds. The maximum atomic E-state index is 11.3. The summed E-state index contributed by atoms with van der Waals surface area (Å²) >= 11 is 3.46. The van der Waals surface area contributed by atoms with Gasteiger partial charge < -0.3 is 9.47 Å². The summed E-state index contributed by atoms with van der Waals surface area (Å²) in [5.41, 5.74) is 3.27. The maximum absolute atomic E-state index is 11.3. The van der Waals surface area contributed by atoms with Gasteiger partial charge in [-0.05, 0) is 53.4 Å². The van der Waals surface area contributed by atoms with E-state index in [0.29, 0.717) is 13.0 Å². The van der Waals surface area contributed by atoms with Crippen LogP contribution in [-0.4, -0.2) is 24.7 Å². The average molecular weight is 329 g/mol. The number of hydrogen-bond donors (Lipinski definition) is 2. The largest absolute Gasteiger partial charge is 0.490 e. The van der Waals surface area contributed by atoms with Crippen molar-refractivity contribution in [1.29, 1.82) is 0 Å². The van der Waals surface area contributed by atoms with Crippen LogP contribution in [0.1, 0.15) is 18.4 Å². The van der Waals surface area contributed by atoms with Gasteiger partial charge in [0.1, 0.15) is 18.5 Å². The highest BCUT2D eigenvalue weighted by Crippen LogP contribution is 2.27. The normalized spacial score (nSPS) is 22.3. The fourth-order valence-corrected chi connectivity index (χ4v) is 2.63. The van der Waals surface area contributed by atoms with Gasteiger partial charge in [0.25, 0.3) is 5.91 Å². The number of carbonyl (C=O) groups excluding carboxylic acids is 1. The van der Waals surface area contributed by atoms with Crippen molar-refractivity contribution >= 4 is 21.8 Å². The molecule has 1 aliphatic heterocycles. The summed E-state index contributed by atoms with van der Waals surface area (Å²) in [4.78, 5) is 11.3. The van der Waals surface area contributed by atoms with Gasteiger partial charge in [-0.1, -0.05) is 6.07 Å². The molecule has 1 aromatic rings. The van der Waals surface area contributed by atoms with Gasteiger partial charge in [-0.15, -0.1) is 0 Å². The van der Waals surface area contributed by atoms with Crippen molar-refractivity contribution in [3.8, 4) is 5.75 Å². The zero-order valence-electron chi connectivity index (χ0n) is 10.7. The first-order valence-electron chi connectivity index (χ1n) is 6.15. The third-order valence-electron chi connectivity index (χ3n) is 3.05. The third kappa shape index (κ3) is 3.68. The minimum Gasteiger partial charge on any atom is -0.490 e. The van der Waals surface area contributed by atoms with E-state index in [2.05, 4.69) is 21.4 Å². The maximum Gasteiger partial charge on any atom is 0.263 e. The molecule has 0 spiro atoms. The van der Waals surface area contributed by atoms with E-state index in [9.17, 15) is 4.79 Å². The lowest BCUT2D eigenvalue weighted by Gasteiger charge is -2.14. The molecule has 0 aliphatic carbocycles. The van der Waals surface area contributed by atoms with Crippen molar-refractivity contribution in [2.24, 2.45) is 5.84 Å². The molecule has 0 radical (unpaired) electrons. The topological polar surface area (TPSA) is 73.6 Å². The first-order chi connectivity index (χ1) is 9.10. The molecule has 5 nitrogen and oxygen atoms in total. The quantitative estimate of drug-likeness (QED) is 0.501. The zero-order valence-corrected chi connectivity index (χ0v) is 12.3. The number of nitrogens with one attached hydrogen (secondary N) is 1. The summed E-state index contributed by atoms with van der Waals surface area (Å²) in [6.45, 7) is 2.45. The smallest absolute Gasteiger partial charge is 0.263 e. The lowest BCUT2D eigenvalue weighted by molar-refractivity contribution is -0.132. The van der Waals surface area contributed by atoms with E-state index < -0.39 is 6.10 Å². The number of rotatable bonds is 4. The van der Waals surface area contributed by atoms with Crippen LogP contribution >= 0.6 is 15.9 Å². The van der Waals surface area contributed by atoms with E-state index in [-0.39, 0.29) is 12.0 Å². The molecule has 1 saturated heterocycles. The number of aryl methyl sites for hydroxylation is 1. The van der Waals surface area contributed by atoms with Crippen LogP contribution in [0, 0.1) is 6.92 Å². The number of ether oxygens (including phenoxy) is 2. The van der Waals surface area contributed by atoms with Gasteiger partial charge in [0.15, 0.2) is 0 Å². The van der Waals surface area contributed by atoms with Gasteiger partial charge in [-0.3, -0.25) is 10.2 Å². The van der Waals surface area contributed by atoms with Crippen molar-refractivity contribution in [2.75, 3.05) is 6.61 Å². The first kappa shape index (κ1) is 14.3. The Bertz CT molecular complexity index is 467. The van der Waals surface area contributed by atoms with Gasteiger partial charge in [-0.2, -0.15) is 0 Å². The van der Waals surface area contributed by atoms with E-state index in [1.165, 1.54) is 0 Å². The molecule has 3 N–H and O–H groups in total. The molecule has 2 atom stereocenters. The number of benzene rings is 1. The SMILES string of the molecule is Cc1ccc(OCC2CCC(C(=O)NN)O2)c(Br)c1. The van der Waals surface area contributed by atoms with Gasteiger partial charge in [0, 0.05) is 0 Å². The van der Waals surface area contributed by atoms with Crippen LogP contribution in [0.25, 0.3) is 0 Å². The first-order valence-corrected chi connectivity index (χ1v) is 6.94. The molecule has 0 bridgehead atoms. The van der Waals surface area contributed by atoms with Crippen LogP contribution in [0.5, 0.6) is 5.75 Å². The Morgan fingerprint density at radius 3 is 3.05 bits per heavy atom. The van der Waals surface area contributed by atoms with Crippen molar-refractivity contribution in [1.82, 2.24) is 5.43 Å². The van der Waals surface area contributed by atoms with E-state index in [1.807, 2.05) is 25.1 Å². The second kappa shape index (κ2) is 6.36. The number of halogens is 1. The summed E-state index contributed by atoms with van der Waals surface area (Å²) in [5.74, 6) is 5.58. The van der Waals surface area contributed by atoms with Gasteiger partial charge >= 0.3 is 0 Å². The predicted molar refractivity (Wildman–Crippen MR) is 74.6 cm³/mol. The summed E-state index contributed by atoms with van der Waals surface area (Å²) in [5, 5.41) is 0. The predicted octanol–water partition coefficient (Wildman–Crippen LogP) is 1.67. The molecule has 2 unspecified atom stereocenters. The minimum absolute atomic E-state index is 0.0736. The Morgan fingerprint density at radius 1 is 1.58 bits per heavy atom. The third-order valence-corrected chi connectivity index (χ3v) is 3.67. The lowest BCUT2D eigenvalue weighted by Crippen LogP contribution is -2.39. The van der Waals surface area contributed by atoms with Crippen LogP contribution < -0.4 is 16.0 Å². The molecular weight excluding hydrogens is 312 g/mol. The summed E-state index contributed by atoms with van der Waals surface area (Å²) in [7, 11) is 0. The molecule has 0 saturated carbocycles. The molecule has 19 heavy (non-hydrogen) atoms. The summed E-state index contributed by atoms with van der Waals surface area (Å²) < 4.78 is 12.2. The molecule has 1 aromatic carbocycles. The molecule has 1 heterocycles.